The summed E-state index contributed by atoms with van der Waals surface area (Å²) in [6.07, 6.45) is 0. The first-order valence-electron chi connectivity index (χ1n) is 8.64. The summed E-state index contributed by atoms with van der Waals surface area (Å²) in [5.74, 6) is 0. The van der Waals surface area contributed by atoms with Crippen molar-refractivity contribution in [3.63, 3.8) is 0 Å². The predicted molar refractivity (Wildman–Crippen MR) is 132 cm³/mol. The predicted octanol–water partition coefficient (Wildman–Crippen LogP) is 4.69. The molecule has 0 bridgehead atoms. The van der Waals surface area contributed by atoms with E-state index in [0.717, 1.165) is 17.2 Å². The lowest BCUT2D eigenvalue weighted by Gasteiger charge is -2.00. The van der Waals surface area contributed by atoms with Crippen LogP contribution < -0.4 is 21.2 Å². The molecule has 4 aromatic rings. The van der Waals surface area contributed by atoms with Crippen molar-refractivity contribution in [2.24, 2.45) is 0 Å². The SMILES string of the molecule is P.c1ccc(Pc2ccccc2)cc1.c1ccc(Pc2ccccc2)cc1. The van der Waals surface area contributed by atoms with Crippen molar-refractivity contribution >= 4 is 48.3 Å². The van der Waals surface area contributed by atoms with Gasteiger partial charge in [0.1, 0.15) is 0 Å². The van der Waals surface area contributed by atoms with Gasteiger partial charge in [0, 0.05) is 0 Å². The zero-order valence-electron chi connectivity index (χ0n) is 15.3. The topological polar surface area (TPSA) is 0 Å². The third-order valence-electron chi connectivity index (χ3n) is 3.67. The van der Waals surface area contributed by atoms with E-state index in [1.54, 1.807) is 0 Å². The number of benzene rings is 4. The van der Waals surface area contributed by atoms with Gasteiger partial charge in [0.15, 0.2) is 0 Å². The average molecular weight is 406 g/mol. The van der Waals surface area contributed by atoms with Gasteiger partial charge in [-0.25, -0.2) is 0 Å². The van der Waals surface area contributed by atoms with E-state index in [1.807, 2.05) is 0 Å². The van der Waals surface area contributed by atoms with Gasteiger partial charge in [-0.05, 0) is 21.2 Å². The largest absolute Gasteiger partial charge is 0.153 e. The molecule has 0 fully saturated rings. The second-order valence-electron chi connectivity index (χ2n) is 5.71. The van der Waals surface area contributed by atoms with E-state index in [1.165, 1.54) is 21.2 Å². The molecule has 0 spiro atoms. The van der Waals surface area contributed by atoms with E-state index in [-0.39, 0.29) is 9.90 Å². The Labute approximate surface area is 169 Å². The van der Waals surface area contributed by atoms with Crippen molar-refractivity contribution in [2.75, 3.05) is 0 Å². The molecule has 0 aromatic heterocycles. The normalized spacial score (nSPS) is 9.48. The second-order valence-corrected chi connectivity index (χ2v) is 8.52. The zero-order chi connectivity index (χ0) is 17.9. The van der Waals surface area contributed by atoms with Crippen molar-refractivity contribution in [3.8, 4) is 0 Å². The summed E-state index contributed by atoms with van der Waals surface area (Å²) in [6, 6.07) is 42.3. The molecular weight excluding hydrogens is 381 g/mol. The van der Waals surface area contributed by atoms with Crippen LogP contribution in [0.15, 0.2) is 121 Å². The Morgan fingerprint density at radius 1 is 0.296 bits per heavy atom. The summed E-state index contributed by atoms with van der Waals surface area (Å²) in [5.41, 5.74) is 0. The van der Waals surface area contributed by atoms with Crippen LogP contribution in [-0.4, -0.2) is 0 Å². The highest BCUT2D eigenvalue weighted by atomic mass is 31.1. The van der Waals surface area contributed by atoms with E-state index < -0.39 is 0 Å². The molecule has 0 radical (unpaired) electrons. The Balaban J connectivity index is 0.000000187. The van der Waals surface area contributed by atoms with Crippen LogP contribution in [0.5, 0.6) is 0 Å². The van der Waals surface area contributed by atoms with Gasteiger partial charge in [-0.1, -0.05) is 138 Å². The van der Waals surface area contributed by atoms with Crippen LogP contribution in [0.2, 0.25) is 0 Å². The lowest BCUT2D eigenvalue weighted by Crippen LogP contribution is -2.01. The van der Waals surface area contributed by atoms with E-state index >= 15 is 0 Å². The zero-order valence-corrected chi connectivity index (χ0v) is 18.7. The summed E-state index contributed by atoms with van der Waals surface area (Å²) in [7, 11) is 1.55. The Hall–Kier alpha value is -1.83. The Kier molecular flexibility index (Phi) is 9.97. The van der Waals surface area contributed by atoms with Crippen LogP contribution in [0, 0.1) is 0 Å². The van der Waals surface area contributed by atoms with Gasteiger partial charge >= 0.3 is 0 Å². The van der Waals surface area contributed by atoms with Crippen molar-refractivity contribution in [1.29, 1.82) is 0 Å². The van der Waals surface area contributed by atoms with Crippen LogP contribution in [-0.2, 0) is 0 Å². The highest BCUT2D eigenvalue weighted by Gasteiger charge is 1.93. The number of hydrogen-bond donors (Lipinski definition) is 0. The molecule has 4 rings (SSSR count). The molecule has 0 aliphatic heterocycles. The first-order chi connectivity index (χ1) is 12.9. The smallest absolute Gasteiger partial charge is 0.0226 e. The molecule has 27 heavy (non-hydrogen) atoms. The molecule has 1 unspecified atom stereocenters. The summed E-state index contributed by atoms with van der Waals surface area (Å²) in [5, 5.41) is 5.59. The number of rotatable bonds is 4. The summed E-state index contributed by atoms with van der Waals surface area (Å²) < 4.78 is 0. The van der Waals surface area contributed by atoms with Gasteiger partial charge < -0.3 is 0 Å². The van der Waals surface area contributed by atoms with E-state index in [4.69, 9.17) is 0 Å². The first kappa shape index (κ1) is 21.5. The Morgan fingerprint density at radius 2 is 0.481 bits per heavy atom. The molecule has 0 amide bonds. The third kappa shape index (κ3) is 8.15. The second kappa shape index (κ2) is 12.5. The van der Waals surface area contributed by atoms with Crippen LogP contribution >= 0.6 is 27.1 Å². The number of hydrogen-bond acceptors (Lipinski definition) is 0. The summed E-state index contributed by atoms with van der Waals surface area (Å²) in [6.45, 7) is 0. The lowest BCUT2D eigenvalue weighted by atomic mass is 10.4. The molecular formula is C24H25P3. The average Bonchev–Trinajstić information content (AvgIpc) is 2.72. The van der Waals surface area contributed by atoms with Crippen LogP contribution in [0.4, 0.5) is 0 Å². The maximum atomic E-state index is 2.17. The first-order valence-corrected chi connectivity index (χ1v) is 10.6. The fourth-order valence-electron chi connectivity index (χ4n) is 2.42. The molecule has 3 heteroatoms. The highest BCUT2D eigenvalue weighted by Crippen LogP contribution is 2.09. The monoisotopic (exact) mass is 406 g/mol. The third-order valence-corrected chi connectivity index (χ3v) is 6.16. The molecule has 4 aromatic carbocycles. The standard InChI is InChI=1S/2C12H11P.H3P/c2*1-3-7-11(8-4-1)13-12-9-5-2-6-10-12;/h2*1-10,13H;1H3. The van der Waals surface area contributed by atoms with Gasteiger partial charge in [-0.2, -0.15) is 9.90 Å². The van der Waals surface area contributed by atoms with Gasteiger partial charge in [-0.15, -0.1) is 0 Å². The molecule has 0 aliphatic carbocycles. The van der Waals surface area contributed by atoms with Crippen molar-refractivity contribution in [3.05, 3.63) is 121 Å². The molecule has 136 valence electrons. The maximum Gasteiger partial charge on any atom is -0.0226 e. The molecule has 0 nitrogen and oxygen atoms in total. The van der Waals surface area contributed by atoms with Crippen LogP contribution in [0.3, 0.4) is 0 Å². The van der Waals surface area contributed by atoms with E-state index in [0.29, 0.717) is 0 Å². The van der Waals surface area contributed by atoms with Crippen molar-refractivity contribution in [2.45, 2.75) is 0 Å². The minimum atomic E-state index is 0. The molecule has 0 N–H and O–H groups in total. The van der Waals surface area contributed by atoms with Crippen LogP contribution in [0.1, 0.15) is 0 Å². The Morgan fingerprint density at radius 3 is 0.667 bits per heavy atom. The van der Waals surface area contributed by atoms with Crippen molar-refractivity contribution in [1.82, 2.24) is 0 Å². The van der Waals surface area contributed by atoms with E-state index in [2.05, 4.69) is 121 Å². The van der Waals surface area contributed by atoms with Crippen LogP contribution in [0.25, 0.3) is 0 Å². The molecule has 0 saturated heterocycles. The fraction of sp³-hybridized carbons (Fsp3) is 0. The van der Waals surface area contributed by atoms with E-state index in [9.17, 15) is 0 Å². The Bertz CT molecular complexity index is 712. The van der Waals surface area contributed by atoms with Gasteiger partial charge in [0.25, 0.3) is 0 Å². The van der Waals surface area contributed by atoms with Crippen molar-refractivity contribution < 1.29 is 0 Å². The molecule has 0 heterocycles. The molecule has 0 saturated carbocycles. The minimum absolute atomic E-state index is 0. The maximum absolute atomic E-state index is 2.17. The fourth-order valence-corrected chi connectivity index (χ4v) is 4.52. The van der Waals surface area contributed by atoms with Gasteiger partial charge in [0.2, 0.25) is 0 Å². The quantitative estimate of drug-likeness (QED) is 0.432. The van der Waals surface area contributed by atoms with Gasteiger partial charge in [0.05, 0.1) is 0 Å². The minimum Gasteiger partial charge on any atom is -0.153 e. The van der Waals surface area contributed by atoms with Gasteiger partial charge in [-0.3, -0.25) is 0 Å². The summed E-state index contributed by atoms with van der Waals surface area (Å²) >= 11 is 0. The lowest BCUT2D eigenvalue weighted by molar-refractivity contribution is 1.76. The molecule has 0 aliphatic rings. The highest BCUT2D eigenvalue weighted by molar-refractivity contribution is 7.55. The molecule has 1 atom stereocenters. The summed E-state index contributed by atoms with van der Waals surface area (Å²) in [4.78, 5) is 0.